The van der Waals surface area contributed by atoms with Crippen LogP contribution in [-0.4, -0.2) is 15.6 Å². The molecule has 1 aromatic heterocycles. The van der Waals surface area contributed by atoms with Crippen molar-refractivity contribution in [3.8, 4) is 0 Å². The fourth-order valence-electron chi connectivity index (χ4n) is 2.47. The van der Waals surface area contributed by atoms with Gasteiger partial charge in [0.25, 0.3) is 0 Å². The van der Waals surface area contributed by atoms with Gasteiger partial charge >= 0.3 is 5.91 Å². The lowest BCUT2D eigenvalue weighted by molar-refractivity contribution is -0.122. The van der Waals surface area contributed by atoms with Crippen LogP contribution in [0.1, 0.15) is 24.8 Å². The Hall–Kier alpha value is -1.75. The van der Waals surface area contributed by atoms with Crippen LogP contribution in [0.3, 0.4) is 0 Å². The summed E-state index contributed by atoms with van der Waals surface area (Å²) in [7, 11) is 0. The molecule has 1 aliphatic carbocycles. The van der Waals surface area contributed by atoms with Gasteiger partial charge in [0.1, 0.15) is 4.75 Å². The topological polar surface area (TPSA) is 59.4 Å². The first-order valence-electron chi connectivity index (χ1n) is 6.57. The summed E-state index contributed by atoms with van der Waals surface area (Å²) >= 11 is 1.47. The normalized spacial score (nSPS) is 16.6. The highest BCUT2D eigenvalue weighted by atomic mass is 32.2. The second-order valence-electron chi connectivity index (χ2n) is 5.18. The number of rotatable bonds is 3. The molecule has 1 saturated carbocycles. The van der Waals surface area contributed by atoms with Crippen molar-refractivity contribution < 1.29 is 4.79 Å². The van der Waals surface area contributed by atoms with Crippen LogP contribution in [-0.2, 0) is 4.79 Å². The van der Waals surface area contributed by atoms with E-state index in [-0.39, 0.29) is 0 Å². The molecule has 0 unspecified atom stereocenters. The van der Waals surface area contributed by atoms with Crippen molar-refractivity contribution in [3.05, 3.63) is 40.9 Å². The Morgan fingerprint density at radius 1 is 1.35 bits per heavy atom. The van der Waals surface area contributed by atoms with Gasteiger partial charge in [0.15, 0.2) is 0 Å². The molecule has 1 heterocycles. The number of fused-ring (bicyclic) bond motifs is 1. The quantitative estimate of drug-likeness (QED) is 0.804. The van der Waals surface area contributed by atoms with Crippen LogP contribution in [0, 0.1) is 11.8 Å². The molecular formula is C15H14N2O2S. The summed E-state index contributed by atoms with van der Waals surface area (Å²) in [5.41, 5.74) is 2.05. The van der Waals surface area contributed by atoms with Crippen molar-refractivity contribution in [3.63, 3.8) is 0 Å². The first-order valence-corrected chi connectivity index (χ1v) is 7.38. The fourth-order valence-corrected chi connectivity index (χ4v) is 3.92. The maximum Gasteiger partial charge on any atom is 0.302 e. The van der Waals surface area contributed by atoms with E-state index in [0.29, 0.717) is 0 Å². The first kappa shape index (κ1) is 13.2. The Labute approximate surface area is 120 Å². The average Bonchev–Trinajstić information content (AvgIpc) is 2.42. The molecule has 0 bridgehead atoms. The van der Waals surface area contributed by atoms with Gasteiger partial charge in [0.2, 0.25) is 0 Å². The van der Waals surface area contributed by atoms with Gasteiger partial charge in [-0.05, 0) is 44.4 Å². The van der Waals surface area contributed by atoms with Gasteiger partial charge in [-0.25, -0.2) is 0 Å². The molecule has 1 aromatic carbocycles. The number of aromatic nitrogens is 1. The van der Waals surface area contributed by atoms with Crippen molar-refractivity contribution in [1.29, 1.82) is 0 Å². The third-order valence-corrected chi connectivity index (χ3v) is 5.35. The number of amides is 1. The Bertz CT molecular complexity index is 695. The predicted octanol–water partition coefficient (Wildman–Crippen LogP) is 3.85. The Balaban J connectivity index is 2.04. The second-order valence-corrected chi connectivity index (χ2v) is 6.60. The highest BCUT2D eigenvalue weighted by molar-refractivity contribution is 8.01. The number of benzene rings is 1. The first-order chi connectivity index (χ1) is 9.64. The van der Waals surface area contributed by atoms with Gasteiger partial charge in [-0.15, -0.1) is 16.7 Å². The highest BCUT2D eigenvalue weighted by Crippen LogP contribution is 2.49. The van der Waals surface area contributed by atoms with Crippen molar-refractivity contribution >= 4 is 28.6 Å². The molecule has 0 spiro atoms. The monoisotopic (exact) mass is 286 g/mol. The lowest BCUT2D eigenvalue weighted by Gasteiger charge is -2.37. The van der Waals surface area contributed by atoms with E-state index in [4.69, 9.17) is 0 Å². The number of carbonyl (C=O) groups excluding carboxylic acids is 1. The number of nitrogens with zero attached hydrogens (tertiary/aromatic N) is 2. The number of thioether (sulfide) groups is 1. The average molecular weight is 286 g/mol. The Morgan fingerprint density at radius 2 is 2.15 bits per heavy atom. The Morgan fingerprint density at radius 3 is 2.80 bits per heavy atom. The van der Waals surface area contributed by atoms with Crippen LogP contribution in [0.2, 0.25) is 0 Å². The van der Waals surface area contributed by atoms with Crippen LogP contribution in [0.4, 0.5) is 0 Å². The molecule has 3 rings (SSSR count). The summed E-state index contributed by atoms with van der Waals surface area (Å²) in [6.07, 6.45) is 4.15. The van der Waals surface area contributed by atoms with Gasteiger partial charge in [0.05, 0.1) is 5.52 Å². The van der Waals surface area contributed by atoms with Crippen molar-refractivity contribution in [1.82, 2.24) is 4.98 Å². The molecule has 102 valence electrons. The van der Waals surface area contributed by atoms with E-state index in [1.54, 1.807) is 6.20 Å². The summed E-state index contributed by atoms with van der Waals surface area (Å²) in [5.74, 6) is -0.536. The van der Waals surface area contributed by atoms with E-state index >= 15 is 0 Å². The van der Waals surface area contributed by atoms with E-state index < -0.39 is 10.7 Å². The number of nitroso groups, excluding NO2 is 1. The molecule has 1 aliphatic rings. The van der Waals surface area contributed by atoms with E-state index in [9.17, 15) is 9.70 Å². The van der Waals surface area contributed by atoms with E-state index in [0.717, 1.165) is 40.6 Å². The van der Waals surface area contributed by atoms with Crippen molar-refractivity contribution in [2.45, 2.75) is 35.8 Å². The number of hydrogen-bond acceptors (Lipinski definition) is 4. The minimum absolute atomic E-state index is 0.536. The SMILES string of the molecule is Cc1ccc2nccc(SC3(C(=O)N=O)CCC3)c2c1. The summed E-state index contributed by atoms with van der Waals surface area (Å²) in [5, 5.41) is 3.68. The number of carbonyl (C=O) groups is 1. The van der Waals surface area contributed by atoms with E-state index in [2.05, 4.69) is 16.2 Å². The lowest BCUT2D eigenvalue weighted by Crippen LogP contribution is -2.40. The molecule has 0 N–H and O–H groups in total. The molecule has 0 aliphatic heterocycles. The summed E-state index contributed by atoms with van der Waals surface area (Å²) in [4.78, 5) is 27.8. The molecule has 0 saturated heterocycles. The lowest BCUT2D eigenvalue weighted by atomic mass is 9.84. The predicted molar refractivity (Wildman–Crippen MR) is 79.7 cm³/mol. The van der Waals surface area contributed by atoms with Crippen LogP contribution in [0.15, 0.2) is 40.5 Å². The maximum atomic E-state index is 11.8. The summed E-state index contributed by atoms with van der Waals surface area (Å²) in [6, 6.07) is 7.96. The molecule has 2 aromatic rings. The second kappa shape index (κ2) is 4.98. The zero-order valence-electron chi connectivity index (χ0n) is 11.1. The Kier molecular flexibility index (Phi) is 3.30. The standard InChI is InChI=1S/C15H14N2O2S/c1-10-3-4-12-11(9-10)13(5-8-16-12)20-15(6-2-7-15)14(18)17-19/h3-5,8-9H,2,6-7H2,1H3. The van der Waals surface area contributed by atoms with Crippen molar-refractivity contribution in [2.24, 2.45) is 5.18 Å². The molecule has 4 nitrogen and oxygen atoms in total. The van der Waals surface area contributed by atoms with Gasteiger partial charge < -0.3 is 0 Å². The van der Waals surface area contributed by atoms with Crippen LogP contribution in [0.5, 0.6) is 0 Å². The zero-order valence-corrected chi connectivity index (χ0v) is 11.9. The van der Waals surface area contributed by atoms with Gasteiger partial charge in [0, 0.05) is 21.7 Å². The van der Waals surface area contributed by atoms with Gasteiger partial charge in [-0.2, -0.15) is 0 Å². The minimum Gasteiger partial charge on any atom is -0.267 e. The maximum absolute atomic E-state index is 11.8. The van der Waals surface area contributed by atoms with Crippen LogP contribution in [0.25, 0.3) is 10.9 Å². The number of hydrogen-bond donors (Lipinski definition) is 0. The van der Waals surface area contributed by atoms with Gasteiger partial charge in [-0.1, -0.05) is 11.6 Å². The number of pyridine rings is 1. The molecule has 20 heavy (non-hydrogen) atoms. The number of aryl methyl sites for hydroxylation is 1. The van der Waals surface area contributed by atoms with E-state index in [1.165, 1.54) is 11.8 Å². The molecule has 0 radical (unpaired) electrons. The summed E-state index contributed by atoms with van der Waals surface area (Å²) < 4.78 is -0.653. The summed E-state index contributed by atoms with van der Waals surface area (Å²) in [6.45, 7) is 2.03. The van der Waals surface area contributed by atoms with Crippen LogP contribution >= 0.6 is 11.8 Å². The third kappa shape index (κ3) is 2.12. The largest absolute Gasteiger partial charge is 0.302 e. The highest BCUT2D eigenvalue weighted by Gasteiger charge is 2.46. The van der Waals surface area contributed by atoms with Gasteiger partial charge in [-0.3, -0.25) is 9.78 Å². The third-order valence-electron chi connectivity index (χ3n) is 3.80. The molecule has 0 atom stereocenters. The van der Waals surface area contributed by atoms with E-state index in [1.807, 2.05) is 25.1 Å². The minimum atomic E-state index is -0.653. The fraction of sp³-hybridized carbons (Fsp3) is 0.333. The molecular weight excluding hydrogens is 272 g/mol. The molecule has 5 heteroatoms. The molecule has 1 amide bonds. The zero-order chi connectivity index (χ0) is 14.2. The van der Waals surface area contributed by atoms with Crippen molar-refractivity contribution in [2.75, 3.05) is 0 Å². The van der Waals surface area contributed by atoms with Crippen LogP contribution < -0.4 is 0 Å². The molecule has 1 fully saturated rings. The smallest absolute Gasteiger partial charge is 0.267 e.